The Balaban J connectivity index is 3.11. The standard InChI is InChI=1S/C14H12N2O4/c1-8-2-4-9(5-3-8)11(17)6-12(18)13(19)10(7-15)14(16)20/h2-6,17,19H,1H3,(H2,16,20)/b11-6-,13-10+. The Morgan fingerprint density at radius 1 is 1.25 bits per heavy atom. The average molecular weight is 272 g/mol. The van der Waals surface area contributed by atoms with E-state index in [4.69, 9.17) is 11.0 Å². The lowest BCUT2D eigenvalue weighted by atomic mass is 10.1. The molecule has 1 rings (SSSR count). The maximum absolute atomic E-state index is 11.6. The van der Waals surface area contributed by atoms with Crippen molar-refractivity contribution in [2.45, 2.75) is 6.92 Å². The van der Waals surface area contributed by atoms with Gasteiger partial charge >= 0.3 is 0 Å². The van der Waals surface area contributed by atoms with Gasteiger partial charge in [-0.3, -0.25) is 9.59 Å². The van der Waals surface area contributed by atoms with Crippen molar-refractivity contribution in [1.82, 2.24) is 0 Å². The van der Waals surface area contributed by atoms with Crippen molar-refractivity contribution < 1.29 is 19.8 Å². The third-order valence-corrected chi connectivity index (χ3v) is 2.44. The van der Waals surface area contributed by atoms with Gasteiger partial charge in [0.25, 0.3) is 5.91 Å². The fourth-order valence-electron chi connectivity index (χ4n) is 1.35. The first-order valence-electron chi connectivity index (χ1n) is 5.52. The van der Waals surface area contributed by atoms with E-state index in [2.05, 4.69) is 0 Å². The molecule has 0 aliphatic heterocycles. The van der Waals surface area contributed by atoms with Crippen LogP contribution in [0.4, 0.5) is 0 Å². The predicted octanol–water partition coefficient (Wildman–Crippen LogP) is 1.28. The normalized spacial score (nSPS) is 12.3. The summed E-state index contributed by atoms with van der Waals surface area (Å²) in [6.07, 6.45) is 0.709. The summed E-state index contributed by atoms with van der Waals surface area (Å²) in [6, 6.07) is 7.93. The molecule has 1 aromatic carbocycles. The van der Waals surface area contributed by atoms with Crippen LogP contribution in [0.15, 0.2) is 41.7 Å². The zero-order chi connectivity index (χ0) is 15.3. The summed E-state index contributed by atoms with van der Waals surface area (Å²) in [4.78, 5) is 22.4. The molecule has 4 N–H and O–H groups in total. The molecule has 6 heteroatoms. The number of aryl methyl sites for hydroxylation is 1. The van der Waals surface area contributed by atoms with Crippen molar-refractivity contribution in [3.63, 3.8) is 0 Å². The number of benzene rings is 1. The fraction of sp³-hybridized carbons (Fsp3) is 0.0714. The second kappa shape index (κ2) is 6.20. The van der Waals surface area contributed by atoms with Gasteiger partial charge in [0.2, 0.25) is 5.78 Å². The van der Waals surface area contributed by atoms with Crippen LogP contribution in [-0.2, 0) is 9.59 Å². The van der Waals surface area contributed by atoms with Crippen molar-refractivity contribution in [3.05, 3.63) is 52.8 Å². The second-order valence-electron chi connectivity index (χ2n) is 3.96. The summed E-state index contributed by atoms with van der Waals surface area (Å²) >= 11 is 0. The van der Waals surface area contributed by atoms with Gasteiger partial charge in [-0.25, -0.2) is 0 Å². The number of hydrogen-bond donors (Lipinski definition) is 3. The number of aliphatic hydroxyl groups excluding tert-OH is 2. The van der Waals surface area contributed by atoms with E-state index >= 15 is 0 Å². The number of primary amides is 1. The van der Waals surface area contributed by atoms with E-state index in [0.29, 0.717) is 11.6 Å². The van der Waals surface area contributed by atoms with E-state index in [1.165, 1.54) is 6.07 Å². The van der Waals surface area contributed by atoms with Crippen LogP contribution in [0.25, 0.3) is 5.76 Å². The Hall–Kier alpha value is -3.07. The molecule has 102 valence electrons. The summed E-state index contributed by atoms with van der Waals surface area (Å²) in [6.45, 7) is 1.86. The first-order chi connectivity index (χ1) is 9.36. The molecule has 0 spiro atoms. The van der Waals surface area contributed by atoms with Crippen molar-refractivity contribution in [1.29, 1.82) is 5.26 Å². The Bertz CT molecular complexity index is 649. The minimum Gasteiger partial charge on any atom is -0.507 e. The Labute approximate surface area is 115 Å². The Morgan fingerprint density at radius 3 is 2.25 bits per heavy atom. The summed E-state index contributed by atoms with van der Waals surface area (Å²) in [7, 11) is 0. The monoisotopic (exact) mass is 272 g/mol. The van der Waals surface area contributed by atoms with Gasteiger partial charge in [0, 0.05) is 11.6 Å². The molecule has 0 unspecified atom stereocenters. The van der Waals surface area contributed by atoms with Crippen LogP contribution in [0.1, 0.15) is 11.1 Å². The molecule has 0 aliphatic carbocycles. The molecule has 0 saturated heterocycles. The van der Waals surface area contributed by atoms with Crippen LogP contribution in [0, 0.1) is 18.3 Å². The van der Waals surface area contributed by atoms with Gasteiger partial charge in [0.05, 0.1) is 0 Å². The largest absolute Gasteiger partial charge is 0.507 e. The van der Waals surface area contributed by atoms with Crippen LogP contribution in [-0.4, -0.2) is 21.9 Å². The smallest absolute Gasteiger partial charge is 0.263 e. The van der Waals surface area contributed by atoms with Gasteiger partial charge in [-0.05, 0) is 6.92 Å². The third-order valence-electron chi connectivity index (χ3n) is 2.44. The average Bonchev–Trinajstić information content (AvgIpc) is 2.39. The molecule has 0 radical (unpaired) electrons. The molecule has 0 aromatic heterocycles. The minimum atomic E-state index is -1.22. The number of nitriles is 1. The lowest BCUT2D eigenvalue weighted by molar-refractivity contribution is -0.116. The summed E-state index contributed by atoms with van der Waals surface area (Å²) in [5.74, 6) is -3.80. The quantitative estimate of drug-likeness (QED) is 0.432. The van der Waals surface area contributed by atoms with Gasteiger partial charge in [-0.1, -0.05) is 29.8 Å². The van der Waals surface area contributed by atoms with E-state index in [0.717, 1.165) is 5.56 Å². The highest BCUT2D eigenvalue weighted by Gasteiger charge is 2.17. The molecular formula is C14H12N2O4. The van der Waals surface area contributed by atoms with Crippen molar-refractivity contribution in [3.8, 4) is 6.07 Å². The van der Waals surface area contributed by atoms with Gasteiger partial charge in [-0.15, -0.1) is 0 Å². The van der Waals surface area contributed by atoms with Gasteiger partial charge < -0.3 is 15.9 Å². The van der Waals surface area contributed by atoms with Crippen molar-refractivity contribution in [2.75, 3.05) is 0 Å². The molecule has 0 atom stereocenters. The van der Waals surface area contributed by atoms with Crippen molar-refractivity contribution in [2.24, 2.45) is 5.73 Å². The Morgan fingerprint density at radius 2 is 1.80 bits per heavy atom. The molecular weight excluding hydrogens is 260 g/mol. The first kappa shape index (κ1) is 15.0. The summed E-state index contributed by atoms with van der Waals surface area (Å²) < 4.78 is 0. The molecule has 1 amide bonds. The summed E-state index contributed by atoms with van der Waals surface area (Å²) in [5, 5.41) is 27.8. The lowest BCUT2D eigenvalue weighted by Gasteiger charge is -2.01. The number of carbonyl (C=O) groups excluding carboxylic acids is 2. The number of hydrogen-bond acceptors (Lipinski definition) is 5. The minimum absolute atomic E-state index is 0.356. The van der Waals surface area contributed by atoms with Gasteiger partial charge in [-0.2, -0.15) is 5.26 Å². The SMILES string of the molecule is Cc1ccc(/C(O)=C/C(=O)/C(O)=C(/C#N)C(N)=O)cc1. The number of carbonyl (C=O) groups is 2. The van der Waals surface area contributed by atoms with E-state index in [9.17, 15) is 19.8 Å². The molecule has 6 nitrogen and oxygen atoms in total. The molecule has 0 aliphatic rings. The fourth-order valence-corrected chi connectivity index (χ4v) is 1.35. The number of amides is 1. The van der Waals surface area contributed by atoms with Crippen LogP contribution in [0.2, 0.25) is 0 Å². The zero-order valence-corrected chi connectivity index (χ0v) is 10.6. The number of allylic oxidation sites excluding steroid dienone is 1. The number of rotatable bonds is 4. The van der Waals surface area contributed by atoms with E-state index in [-0.39, 0.29) is 0 Å². The topological polar surface area (TPSA) is 124 Å². The molecule has 1 aromatic rings. The molecule has 20 heavy (non-hydrogen) atoms. The number of aliphatic hydroxyl groups is 2. The van der Waals surface area contributed by atoms with Gasteiger partial charge in [0.15, 0.2) is 11.3 Å². The van der Waals surface area contributed by atoms with Crippen LogP contribution in [0.3, 0.4) is 0 Å². The Kier molecular flexibility index (Phi) is 4.65. The van der Waals surface area contributed by atoms with Gasteiger partial charge in [0.1, 0.15) is 11.8 Å². The highest BCUT2D eigenvalue weighted by Crippen LogP contribution is 2.13. The molecule has 0 saturated carbocycles. The first-order valence-corrected chi connectivity index (χ1v) is 5.52. The maximum atomic E-state index is 11.6. The van der Waals surface area contributed by atoms with E-state index in [1.807, 2.05) is 6.92 Å². The molecule has 0 bridgehead atoms. The third kappa shape index (κ3) is 3.46. The summed E-state index contributed by atoms with van der Waals surface area (Å²) in [5.41, 5.74) is 5.30. The van der Waals surface area contributed by atoms with Crippen LogP contribution in [0.5, 0.6) is 0 Å². The predicted molar refractivity (Wildman–Crippen MR) is 71.3 cm³/mol. The second-order valence-corrected chi connectivity index (χ2v) is 3.96. The zero-order valence-electron chi connectivity index (χ0n) is 10.6. The number of nitrogens with zero attached hydrogens (tertiary/aromatic N) is 1. The van der Waals surface area contributed by atoms with Crippen molar-refractivity contribution >= 4 is 17.4 Å². The lowest BCUT2D eigenvalue weighted by Crippen LogP contribution is -2.17. The maximum Gasteiger partial charge on any atom is 0.263 e. The molecule has 0 heterocycles. The van der Waals surface area contributed by atoms with E-state index in [1.54, 1.807) is 24.3 Å². The number of ketones is 1. The van der Waals surface area contributed by atoms with Crippen LogP contribution < -0.4 is 5.73 Å². The highest BCUT2D eigenvalue weighted by atomic mass is 16.3. The van der Waals surface area contributed by atoms with E-state index < -0.39 is 28.8 Å². The number of nitrogens with two attached hydrogens (primary N) is 1. The van der Waals surface area contributed by atoms with Crippen LogP contribution >= 0.6 is 0 Å². The highest BCUT2D eigenvalue weighted by molar-refractivity contribution is 6.12. The molecule has 0 fully saturated rings.